The number of carbonyl (C=O) groups excluding carboxylic acids is 1. The molecule has 0 heterocycles. The lowest BCUT2D eigenvalue weighted by atomic mass is 10.1. The van der Waals surface area contributed by atoms with E-state index in [0.29, 0.717) is 6.61 Å². The van der Waals surface area contributed by atoms with Crippen LogP contribution in [0.25, 0.3) is 0 Å². The van der Waals surface area contributed by atoms with Crippen molar-refractivity contribution < 1.29 is 9.53 Å². The van der Waals surface area contributed by atoms with E-state index in [1.165, 1.54) is 18.1 Å². The van der Waals surface area contributed by atoms with Gasteiger partial charge in [-0.05, 0) is 18.9 Å². The molecule has 0 aliphatic carbocycles. The smallest absolute Gasteiger partial charge is 0.302 e. The van der Waals surface area contributed by atoms with E-state index in [2.05, 4.69) is 43.4 Å². The molecule has 17 heavy (non-hydrogen) atoms. The molecule has 3 heteroatoms. The van der Waals surface area contributed by atoms with Crippen LogP contribution in [0.4, 0.5) is 0 Å². The fourth-order valence-corrected chi connectivity index (χ4v) is 1.62. The van der Waals surface area contributed by atoms with Gasteiger partial charge >= 0.3 is 5.97 Å². The van der Waals surface area contributed by atoms with E-state index in [4.69, 9.17) is 4.74 Å². The Labute approximate surface area is 103 Å². The van der Waals surface area contributed by atoms with Gasteiger partial charge in [-0.15, -0.1) is 0 Å². The molecule has 0 spiro atoms. The number of nitrogens with one attached hydrogen (secondary N) is 1. The summed E-state index contributed by atoms with van der Waals surface area (Å²) in [6, 6.07) is 8.61. The maximum absolute atomic E-state index is 10.7. The predicted molar refractivity (Wildman–Crippen MR) is 68.7 cm³/mol. The zero-order chi connectivity index (χ0) is 12.7. The number of aryl methyl sites for hydroxylation is 1. The van der Waals surface area contributed by atoms with E-state index in [1.54, 1.807) is 0 Å². The van der Waals surface area contributed by atoms with E-state index >= 15 is 0 Å². The normalized spacial score (nSPS) is 12.2. The minimum Gasteiger partial charge on any atom is -0.464 e. The van der Waals surface area contributed by atoms with Crippen molar-refractivity contribution in [1.29, 1.82) is 0 Å². The third kappa shape index (κ3) is 5.50. The number of ether oxygens (including phenoxy) is 1. The van der Waals surface area contributed by atoms with Gasteiger partial charge in [0.2, 0.25) is 0 Å². The average molecular weight is 235 g/mol. The molecule has 94 valence electrons. The number of carbonyl (C=O) groups is 1. The molecule has 0 aromatic heterocycles. The zero-order valence-corrected chi connectivity index (χ0v) is 10.8. The summed E-state index contributed by atoms with van der Waals surface area (Å²) in [5.74, 6) is -0.221. The first-order valence-electron chi connectivity index (χ1n) is 6.04. The number of hydrogen-bond donors (Lipinski definition) is 1. The van der Waals surface area contributed by atoms with Gasteiger partial charge in [0.25, 0.3) is 0 Å². The first-order valence-corrected chi connectivity index (χ1v) is 6.04. The topological polar surface area (TPSA) is 38.3 Å². The van der Waals surface area contributed by atoms with Gasteiger partial charge < -0.3 is 10.1 Å². The molecule has 0 radical (unpaired) electrons. The molecule has 0 aliphatic rings. The van der Waals surface area contributed by atoms with Crippen molar-refractivity contribution in [3.63, 3.8) is 0 Å². The fraction of sp³-hybridized carbons (Fsp3) is 0.500. The molecular formula is C14H21NO2. The Balaban J connectivity index is 2.39. The summed E-state index contributed by atoms with van der Waals surface area (Å²) in [7, 11) is 0. The third-order valence-corrected chi connectivity index (χ3v) is 2.66. The number of hydrogen-bond acceptors (Lipinski definition) is 3. The largest absolute Gasteiger partial charge is 0.464 e. The predicted octanol–water partition coefficient (Wildman–Crippen LogP) is 2.43. The van der Waals surface area contributed by atoms with Crippen molar-refractivity contribution in [3.8, 4) is 0 Å². The Hall–Kier alpha value is -1.35. The minimum atomic E-state index is -0.221. The zero-order valence-electron chi connectivity index (χ0n) is 10.8. The van der Waals surface area contributed by atoms with Gasteiger partial charge in [0.1, 0.15) is 6.61 Å². The number of esters is 1. The molecule has 0 saturated heterocycles. The van der Waals surface area contributed by atoms with Gasteiger partial charge in [0.15, 0.2) is 0 Å². The van der Waals surface area contributed by atoms with Crippen LogP contribution < -0.4 is 5.32 Å². The Morgan fingerprint density at radius 1 is 1.47 bits per heavy atom. The maximum Gasteiger partial charge on any atom is 0.302 e. The molecule has 0 aliphatic heterocycles. The Bertz CT molecular complexity index is 363. The van der Waals surface area contributed by atoms with Crippen LogP contribution >= 0.6 is 0 Å². The molecular weight excluding hydrogens is 214 g/mol. The Morgan fingerprint density at radius 3 is 2.82 bits per heavy atom. The van der Waals surface area contributed by atoms with E-state index in [-0.39, 0.29) is 12.0 Å². The highest BCUT2D eigenvalue weighted by Gasteiger charge is 2.07. The van der Waals surface area contributed by atoms with Crippen LogP contribution in [0.3, 0.4) is 0 Å². The van der Waals surface area contributed by atoms with Crippen LogP contribution in [0.2, 0.25) is 0 Å². The van der Waals surface area contributed by atoms with Crippen LogP contribution in [-0.4, -0.2) is 18.6 Å². The van der Waals surface area contributed by atoms with Crippen molar-refractivity contribution in [1.82, 2.24) is 5.32 Å². The van der Waals surface area contributed by atoms with E-state index in [1.807, 2.05) is 0 Å². The summed E-state index contributed by atoms with van der Waals surface area (Å²) in [5.41, 5.74) is 2.52. The van der Waals surface area contributed by atoms with Gasteiger partial charge in [-0.1, -0.05) is 36.8 Å². The quantitative estimate of drug-likeness (QED) is 0.770. The monoisotopic (exact) mass is 235 g/mol. The van der Waals surface area contributed by atoms with Crippen molar-refractivity contribution in [2.45, 2.75) is 39.8 Å². The average Bonchev–Trinajstić information content (AvgIpc) is 2.29. The van der Waals surface area contributed by atoms with Crippen molar-refractivity contribution in [2.24, 2.45) is 0 Å². The molecule has 1 unspecified atom stereocenters. The fourth-order valence-electron chi connectivity index (χ4n) is 1.62. The van der Waals surface area contributed by atoms with Gasteiger partial charge in [-0.2, -0.15) is 0 Å². The first kappa shape index (κ1) is 13.7. The third-order valence-electron chi connectivity index (χ3n) is 2.66. The van der Waals surface area contributed by atoms with Gasteiger partial charge in [0.05, 0.1) is 0 Å². The van der Waals surface area contributed by atoms with Crippen molar-refractivity contribution in [2.75, 3.05) is 6.61 Å². The number of rotatable bonds is 6. The van der Waals surface area contributed by atoms with E-state index in [0.717, 1.165) is 13.0 Å². The van der Waals surface area contributed by atoms with Crippen LogP contribution in [0, 0.1) is 6.92 Å². The van der Waals surface area contributed by atoms with Crippen LogP contribution in [0.15, 0.2) is 24.3 Å². The summed E-state index contributed by atoms with van der Waals surface area (Å²) in [5, 5.41) is 3.39. The molecule has 1 atom stereocenters. The lowest BCUT2D eigenvalue weighted by molar-refractivity contribution is -0.141. The highest BCUT2D eigenvalue weighted by Crippen LogP contribution is 2.04. The van der Waals surface area contributed by atoms with Gasteiger partial charge in [-0.25, -0.2) is 0 Å². The highest BCUT2D eigenvalue weighted by molar-refractivity contribution is 5.65. The summed E-state index contributed by atoms with van der Waals surface area (Å²) >= 11 is 0. The van der Waals surface area contributed by atoms with Crippen molar-refractivity contribution >= 4 is 5.97 Å². The van der Waals surface area contributed by atoms with Crippen LogP contribution in [0.1, 0.15) is 31.4 Å². The molecule has 0 fully saturated rings. The molecule has 0 amide bonds. The Morgan fingerprint density at radius 2 is 2.24 bits per heavy atom. The summed E-state index contributed by atoms with van der Waals surface area (Å²) in [6.45, 7) is 6.85. The summed E-state index contributed by atoms with van der Waals surface area (Å²) in [4.78, 5) is 10.7. The molecule has 1 rings (SSSR count). The lowest BCUT2D eigenvalue weighted by Gasteiger charge is -2.16. The van der Waals surface area contributed by atoms with Crippen LogP contribution in [-0.2, 0) is 16.1 Å². The Kier molecular flexibility index (Phi) is 5.70. The SMILES string of the molecule is CCC(COC(C)=O)NCc1cccc(C)c1. The molecule has 0 bridgehead atoms. The highest BCUT2D eigenvalue weighted by atomic mass is 16.5. The van der Waals surface area contributed by atoms with E-state index in [9.17, 15) is 4.79 Å². The summed E-state index contributed by atoms with van der Waals surface area (Å²) < 4.78 is 5.01. The molecule has 3 nitrogen and oxygen atoms in total. The second kappa shape index (κ2) is 7.07. The second-order valence-corrected chi connectivity index (χ2v) is 4.28. The second-order valence-electron chi connectivity index (χ2n) is 4.28. The van der Waals surface area contributed by atoms with E-state index < -0.39 is 0 Å². The maximum atomic E-state index is 10.7. The standard InChI is InChI=1S/C14H21NO2/c1-4-14(10-17-12(3)16)15-9-13-7-5-6-11(2)8-13/h5-8,14-15H,4,9-10H2,1-3H3. The molecule has 1 aromatic rings. The van der Waals surface area contributed by atoms with Gasteiger partial charge in [-0.3, -0.25) is 4.79 Å². The van der Waals surface area contributed by atoms with Crippen LogP contribution in [0.5, 0.6) is 0 Å². The summed E-state index contributed by atoms with van der Waals surface area (Å²) in [6.07, 6.45) is 0.944. The molecule has 0 saturated carbocycles. The molecule has 1 N–H and O–H groups in total. The first-order chi connectivity index (χ1) is 8.11. The minimum absolute atomic E-state index is 0.221. The number of benzene rings is 1. The lowest BCUT2D eigenvalue weighted by Crippen LogP contribution is -2.33. The van der Waals surface area contributed by atoms with Gasteiger partial charge in [0, 0.05) is 19.5 Å². The van der Waals surface area contributed by atoms with Crippen molar-refractivity contribution in [3.05, 3.63) is 35.4 Å². The molecule has 1 aromatic carbocycles.